The molecule has 0 amide bonds. The Hall–Kier alpha value is -1.15. The van der Waals surface area contributed by atoms with E-state index in [1.54, 1.807) is 0 Å². The van der Waals surface area contributed by atoms with Crippen molar-refractivity contribution in [2.75, 3.05) is 5.73 Å². The highest BCUT2D eigenvalue weighted by Crippen LogP contribution is 2.03. The monoisotopic (exact) mass is 220 g/mol. The van der Waals surface area contributed by atoms with E-state index in [-0.39, 0.29) is 0 Å². The summed E-state index contributed by atoms with van der Waals surface area (Å²) in [7, 11) is -4.67. The molecule has 0 atom stereocenters. The van der Waals surface area contributed by atoms with Gasteiger partial charge in [0.2, 0.25) is 0 Å². The van der Waals surface area contributed by atoms with Gasteiger partial charge in [0.15, 0.2) is 0 Å². The zero-order valence-corrected chi connectivity index (χ0v) is 8.11. The molecule has 0 radical (unpaired) electrons. The summed E-state index contributed by atoms with van der Waals surface area (Å²) in [4.78, 5) is 0. The predicted molar refractivity (Wildman–Crippen MR) is 52.9 cm³/mol. The second-order valence-corrected chi connectivity index (χ2v) is 3.29. The van der Waals surface area contributed by atoms with Gasteiger partial charge >= 0.3 is 10.4 Å². The molecule has 1 rings (SSSR count). The van der Waals surface area contributed by atoms with Gasteiger partial charge < -0.3 is 11.5 Å². The van der Waals surface area contributed by atoms with Crippen molar-refractivity contribution in [2.24, 2.45) is 5.73 Å². The van der Waals surface area contributed by atoms with Crippen LogP contribution in [0.4, 0.5) is 5.69 Å². The Morgan fingerprint density at radius 2 is 1.50 bits per heavy atom. The molecule has 0 heterocycles. The molecule has 0 bridgehead atoms. The maximum Gasteiger partial charge on any atom is 0.394 e. The van der Waals surface area contributed by atoms with E-state index in [9.17, 15) is 0 Å². The molecule has 80 valence electrons. The van der Waals surface area contributed by atoms with Gasteiger partial charge in [0.1, 0.15) is 0 Å². The van der Waals surface area contributed by atoms with E-state index in [0.717, 1.165) is 11.3 Å². The summed E-state index contributed by atoms with van der Waals surface area (Å²) in [5, 5.41) is 0. The second-order valence-electron chi connectivity index (χ2n) is 2.39. The molecule has 0 aromatic heterocycles. The molecule has 0 saturated carbocycles. The molecule has 6 N–H and O–H groups in total. The van der Waals surface area contributed by atoms with Crippen LogP contribution in [-0.2, 0) is 16.9 Å². The van der Waals surface area contributed by atoms with Crippen molar-refractivity contribution in [3.63, 3.8) is 0 Å². The van der Waals surface area contributed by atoms with Crippen molar-refractivity contribution in [2.45, 2.75) is 6.54 Å². The highest BCUT2D eigenvalue weighted by molar-refractivity contribution is 7.79. The number of hydrogen-bond acceptors (Lipinski definition) is 4. The van der Waals surface area contributed by atoms with Crippen LogP contribution in [0, 0.1) is 0 Å². The Morgan fingerprint density at radius 1 is 1.14 bits per heavy atom. The van der Waals surface area contributed by atoms with Gasteiger partial charge in [0.25, 0.3) is 0 Å². The van der Waals surface area contributed by atoms with Gasteiger partial charge in [-0.1, -0.05) is 12.1 Å². The molecule has 14 heavy (non-hydrogen) atoms. The first-order valence-corrected chi connectivity index (χ1v) is 4.97. The summed E-state index contributed by atoms with van der Waals surface area (Å²) in [6, 6.07) is 7.55. The van der Waals surface area contributed by atoms with Crippen LogP contribution >= 0.6 is 0 Å². The summed E-state index contributed by atoms with van der Waals surface area (Å²) in [6.45, 7) is 0.584. The van der Waals surface area contributed by atoms with Crippen molar-refractivity contribution in [3.8, 4) is 0 Å². The Bertz CT molecular complexity index is 352. The Balaban J connectivity index is 0.000000292. The van der Waals surface area contributed by atoms with Gasteiger partial charge in [0.05, 0.1) is 0 Å². The Morgan fingerprint density at radius 3 is 1.79 bits per heavy atom. The van der Waals surface area contributed by atoms with E-state index in [2.05, 4.69) is 0 Å². The van der Waals surface area contributed by atoms with Crippen LogP contribution < -0.4 is 11.5 Å². The number of anilines is 1. The van der Waals surface area contributed by atoms with E-state index >= 15 is 0 Å². The molecule has 7 heteroatoms. The van der Waals surface area contributed by atoms with Crippen LogP contribution in [0.15, 0.2) is 24.3 Å². The van der Waals surface area contributed by atoms with Gasteiger partial charge in [-0.15, -0.1) is 0 Å². The minimum absolute atomic E-state index is 0.584. The lowest BCUT2D eigenvalue weighted by atomic mass is 10.2. The average molecular weight is 220 g/mol. The molecule has 0 unspecified atom stereocenters. The van der Waals surface area contributed by atoms with Crippen molar-refractivity contribution >= 4 is 16.1 Å². The Kier molecular flexibility index (Phi) is 5.10. The smallest absolute Gasteiger partial charge is 0.394 e. The van der Waals surface area contributed by atoms with Crippen LogP contribution in [0.5, 0.6) is 0 Å². The maximum atomic E-state index is 8.74. The lowest BCUT2D eigenvalue weighted by Crippen LogP contribution is -1.95. The molecule has 0 spiro atoms. The van der Waals surface area contributed by atoms with Crippen molar-refractivity contribution in [3.05, 3.63) is 29.8 Å². The van der Waals surface area contributed by atoms with E-state index in [0.29, 0.717) is 6.54 Å². The molecule has 0 aliphatic rings. The maximum absolute atomic E-state index is 8.74. The van der Waals surface area contributed by atoms with Gasteiger partial charge in [0, 0.05) is 12.2 Å². The first-order chi connectivity index (χ1) is 6.33. The summed E-state index contributed by atoms with van der Waals surface area (Å²) < 4.78 is 31.6. The van der Waals surface area contributed by atoms with Crippen LogP contribution in [0.3, 0.4) is 0 Å². The molecule has 0 aliphatic carbocycles. The number of benzene rings is 1. The van der Waals surface area contributed by atoms with Crippen molar-refractivity contribution < 1.29 is 17.5 Å². The van der Waals surface area contributed by atoms with Crippen molar-refractivity contribution in [1.82, 2.24) is 0 Å². The van der Waals surface area contributed by atoms with Gasteiger partial charge in [-0.2, -0.15) is 8.42 Å². The molecule has 1 aromatic rings. The number of rotatable bonds is 1. The number of nitrogens with two attached hydrogens (primary N) is 2. The first-order valence-electron chi connectivity index (χ1n) is 3.57. The summed E-state index contributed by atoms with van der Waals surface area (Å²) in [5.41, 5.74) is 12.7. The normalized spacial score (nSPS) is 10.2. The van der Waals surface area contributed by atoms with Crippen LogP contribution in [0.1, 0.15) is 5.56 Å². The van der Waals surface area contributed by atoms with E-state index in [1.165, 1.54) is 0 Å². The number of nitrogen functional groups attached to an aromatic ring is 1. The fourth-order valence-electron chi connectivity index (χ4n) is 0.654. The van der Waals surface area contributed by atoms with Crippen LogP contribution in [0.25, 0.3) is 0 Å². The van der Waals surface area contributed by atoms with Gasteiger partial charge in [-0.05, 0) is 17.7 Å². The van der Waals surface area contributed by atoms with Gasteiger partial charge in [-0.25, -0.2) is 0 Å². The highest BCUT2D eigenvalue weighted by atomic mass is 32.3. The lowest BCUT2D eigenvalue weighted by Gasteiger charge is -1.94. The van der Waals surface area contributed by atoms with Crippen LogP contribution in [0.2, 0.25) is 0 Å². The zero-order chi connectivity index (χ0) is 11.2. The molecule has 1 aromatic carbocycles. The largest absolute Gasteiger partial charge is 0.399 e. The molecular weight excluding hydrogens is 208 g/mol. The summed E-state index contributed by atoms with van der Waals surface area (Å²) in [5.74, 6) is 0. The Labute approximate surface area is 82.1 Å². The third kappa shape index (κ3) is 8.94. The molecular formula is C7H12N2O4S. The summed E-state index contributed by atoms with van der Waals surface area (Å²) >= 11 is 0. The van der Waals surface area contributed by atoms with Crippen LogP contribution in [-0.4, -0.2) is 17.5 Å². The SMILES string of the molecule is NCc1ccc(N)cc1.O=S(=O)(O)O. The first kappa shape index (κ1) is 12.8. The average Bonchev–Trinajstić information content (AvgIpc) is 2.03. The predicted octanol–water partition coefficient (Wildman–Crippen LogP) is 0.0747. The third-order valence-electron chi connectivity index (χ3n) is 1.22. The lowest BCUT2D eigenvalue weighted by molar-refractivity contribution is 0.381. The standard InChI is InChI=1S/C7H10N2.H2O4S/c8-5-6-1-3-7(9)4-2-6;1-5(2,3)4/h1-4H,5,8-9H2;(H2,1,2,3,4). The summed E-state index contributed by atoms with van der Waals surface area (Å²) in [6.07, 6.45) is 0. The second kappa shape index (κ2) is 5.55. The minimum atomic E-state index is -4.67. The van der Waals surface area contributed by atoms with Gasteiger partial charge in [-0.3, -0.25) is 9.11 Å². The minimum Gasteiger partial charge on any atom is -0.399 e. The fourth-order valence-corrected chi connectivity index (χ4v) is 0.654. The van der Waals surface area contributed by atoms with E-state index in [1.807, 2.05) is 24.3 Å². The van der Waals surface area contributed by atoms with Crippen molar-refractivity contribution in [1.29, 1.82) is 0 Å². The molecule has 0 aliphatic heterocycles. The zero-order valence-electron chi connectivity index (χ0n) is 7.29. The molecule has 6 nitrogen and oxygen atoms in total. The third-order valence-corrected chi connectivity index (χ3v) is 1.22. The number of hydrogen-bond donors (Lipinski definition) is 4. The van der Waals surface area contributed by atoms with E-state index < -0.39 is 10.4 Å². The topological polar surface area (TPSA) is 127 Å². The molecule has 0 fully saturated rings. The quantitative estimate of drug-likeness (QED) is 0.392. The highest BCUT2D eigenvalue weighted by Gasteiger charge is 1.85. The van der Waals surface area contributed by atoms with E-state index in [4.69, 9.17) is 29.0 Å². The molecule has 0 saturated heterocycles. The fraction of sp³-hybridized carbons (Fsp3) is 0.143.